The molecule has 0 aliphatic heterocycles. The van der Waals surface area contributed by atoms with Crippen molar-refractivity contribution >= 4 is 39.1 Å². The van der Waals surface area contributed by atoms with Crippen molar-refractivity contribution in [3.8, 4) is 0 Å². The Morgan fingerprint density at radius 2 is 2.07 bits per heavy atom. The SMILES string of the molecule is CCCOC(=O)c1cccc(NC(=O)Cn2cnc3sc(CC)cc3c2=O)c1. The number of amides is 1. The number of esters is 1. The zero-order valence-electron chi connectivity index (χ0n) is 15.7. The number of fused-ring (bicyclic) bond motifs is 1. The lowest BCUT2D eigenvalue weighted by atomic mass is 10.2. The Labute approximate surface area is 166 Å². The van der Waals surface area contributed by atoms with E-state index in [1.807, 2.05) is 19.9 Å². The molecule has 0 bridgehead atoms. The van der Waals surface area contributed by atoms with Crippen molar-refractivity contribution in [3.63, 3.8) is 0 Å². The molecule has 7 nitrogen and oxygen atoms in total. The number of ether oxygens (including phenoxy) is 1. The zero-order chi connectivity index (χ0) is 20.1. The van der Waals surface area contributed by atoms with Gasteiger partial charge in [-0.3, -0.25) is 14.2 Å². The first-order valence-corrected chi connectivity index (χ1v) is 9.88. The van der Waals surface area contributed by atoms with Crippen molar-refractivity contribution in [3.05, 3.63) is 57.5 Å². The molecule has 0 radical (unpaired) electrons. The van der Waals surface area contributed by atoms with Crippen LogP contribution in [0.15, 0.2) is 41.5 Å². The topological polar surface area (TPSA) is 90.3 Å². The minimum atomic E-state index is -0.437. The van der Waals surface area contributed by atoms with Crippen molar-refractivity contribution in [2.75, 3.05) is 11.9 Å². The van der Waals surface area contributed by atoms with Gasteiger partial charge in [-0.05, 0) is 37.1 Å². The summed E-state index contributed by atoms with van der Waals surface area (Å²) >= 11 is 1.48. The predicted octanol–water partition coefficient (Wildman–Crippen LogP) is 3.23. The van der Waals surface area contributed by atoms with Gasteiger partial charge in [-0.15, -0.1) is 11.3 Å². The number of carbonyl (C=O) groups is 2. The summed E-state index contributed by atoms with van der Waals surface area (Å²) in [5, 5.41) is 3.23. The smallest absolute Gasteiger partial charge is 0.338 e. The molecule has 0 spiro atoms. The number of thiophene rings is 1. The molecule has 0 atom stereocenters. The van der Waals surface area contributed by atoms with Gasteiger partial charge in [-0.1, -0.05) is 19.9 Å². The molecule has 28 heavy (non-hydrogen) atoms. The Kier molecular flexibility index (Phi) is 6.20. The Morgan fingerprint density at radius 1 is 1.25 bits per heavy atom. The summed E-state index contributed by atoms with van der Waals surface area (Å²) in [7, 11) is 0. The molecule has 1 N–H and O–H groups in total. The third kappa shape index (κ3) is 4.45. The number of aromatic nitrogens is 2. The molecular formula is C20H21N3O4S. The minimum Gasteiger partial charge on any atom is -0.462 e. The lowest BCUT2D eigenvalue weighted by molar-refractivity contribution is -0.116. The molecule has 1 aromatic carbocycles. The summed E-state index contributed by atoms with van der Waals surface area (Å²) < 4.78 is 6.38. The first-order valence-electron chi connectivity index (χ1n) is 9.06. The fraction of sp³-hybridized carbons (Fsp3) is 0.300. The number of nitrogens with zero attached hydrogens (tertiary/aromatic N) is 2. The van der Waals surface area contributed by atoms with E-state index in [4.69, 9.17) is 4.74 Å². The lowest BCUT2D eigenvalue weighted by Gasteiger charge is -2.09. The van der Waals surface area contributed by atoms with Crippen LogP contribution in [0.1, 0.15) is 35.5 Å². The fourth-order valence-electron chi connectivity index (χ4n) is 2.65. The molecule has 3 aromatic rings. The summed E-state index contributed by atoms with van der Waals surface area (Å²) in [4.78, 5) is 42.9. The highest BCUT2D eigenvalue weighted by molar-refractivity contribution is 7.18. The average molecular weight is 399 g/mol. The standard InChI is InChI=1S/C20H21N3O4S/c1-3-8-27-20(26)13-6-5-7-14(9-13)22-17(24)11-23-12-21-18-16(19(23)25)10-15(4-2)28-18/h5-7,9-10,12H,3-4,8,11H2,1-2H3,(H,22,24). The maximum absolute atomic E-state index is 12.6. The summed E-state index contributed by atoms with van der Waals surface area (Å²) in [6.45, 7) is 4.11. The van der Waals surface area contributed by atoms with Crippen LogP contribution in [0.25, 0.3) is 10.2 Å². The van der Waals surface area contributed by atoms with Crippen LogP contribution >= 0.6 is 11.3 Å². The van der Waals surface area contributed by atoms with Crippen LogP contribution in [0, 0.1) is 0 Å². The largest absolute Gasteiger partial charge is 0.462 e. The van der Waals surface area contributed by atoms with Gasteiger partial charge in [0.2, 0.25) is 5.91 Å². The Hall–Kier alpha value is -3.00. The fourth-order valence-corrected chi connectivity index (χ4v) is 3.58. The van der Waals surface area contributed by atoms with Gasteiger partial charge in [0.05, 0.1) is 23.9 Å². The minimum absolute atomic E-state index is 0.163. The molecule has 2 heterocycles. The van der Waals surface area contributed by atoms with Gasteiger partial charge in [0.25, 0.3) is 5.56 Å². The highest BCUT2D eigenvalue weighted by Crippen LogP contribution is 2.21. The van der Waals surface area contributed by atoms with Crippen molar-refractivity contribution in [1.29, 1.82) is 0 Å². The maximum atomic E-state index is 12.6. The molecule has 0 aliphatic rings. The summed E-state index contributed by atoms with van der Waals surface area (Å²) in [6.07, 6.45) is 2.95. The van der Waals surface area contributed by atoms with Gasteiger partial charge < -0.3 is 10.1 Å². The number of hydrogen-bond acceptors (Lipinski definition) is 6. The second kappa shape index (κ2) is 8.79. The van der Waals surface area contributed by atoms with Gasteiger partial charge in [0.1, 0.15) is 11.4 Å². The second-order valence-corrected chi connectivity index (χ2v) is 7.34. The third-order valence-corrected chi connectivity index (χ3v) is 5.24. The van der Waals surface area contributed by atoms with E-state index in [-0.39, 0.29) is 18.0 Å². The van der Waals surface area contributed by atoms with Crippen LogP contribution in [0.5, 0.6) is 0 Å². The molecule has 3 rings (SSSR count). The second-order valence-electron chi connectivity index (χ2n) is 6.23. The number of benzene rings is 1. The van der Waals surface area contributed by atoms with Crippen LogP contribution in [0.2, 0.25) is 0 Å². The maximum Gasteiger partial charge on any atom is 0.338 e. The molecule has 1 amide bonds. The van der Waals surface area contributed by atoms with Crippen molar-refractivity contribution < 1.29 is 14.3 Å². The van der Waals surface area contributed by atoms with E-state index >= 15 is 0 Å². The molecule has 0 unspecified atom stereocenters. The summed E-state index contributed by atoms with van der Waals surface area (Å²) in [5.41, 5.74) is 0.576. The van der Waals surface area contributed by atoms with Crippen molar-refractivity contribution in [2.24, 2.45) is 0 Å². The molecule has 0 saturated heterocycles. The quantitative estimate of drug-likeness (QED) is 0.616. The van der Waals surface area contributed by atoms with Gasteiger partial charge in [-0.25, -0.2) is 9.78 Å². The third-order valence-electron chi connectivity index (χ3n) is 4.05. The molecule has 8 heteroatoms. The number of rotatable bonds is 7. The van der Waals surface area contributed by atoms with Crippen LogP contribution in [0.4, 0.5) is 5.69 Å². The van der Waals surface area contributed by atoms with Crippen LogP contribution in [-0.2, 0) is 22.5 Å². The number of nitrogens with one attached hydrogen (secondary N) is 1. The van der Waals surface area contributed by atoms with Crippen LogP contribution in [0.3, 0.4) is 0 Å². The average Bonchev–Trinajstić information content (AvgIpc) is 3.13. The monoisotopic (exact) mass is 399 g/mol. The number of carbonyl (C=O) groups excluding carboxylic acids is 2. The van der Waals surface area contributed by atoms with Crippen molar-refractivity contribution in [2.45, 2.75) is 33.2 Å². The van der Waals surface area contributed by atoms with E-state index in [0.29, 0.717) is 28.1 Å². The predicted molar refractivity (Wildman–Crippen MR) is 109 cm³/mol. The van der Waals surface area contributed by atoms with Crippen LogP contribution in [-0.4, -0.2) is 28.0 Å². The van der Waals surface area contributed by atoms with E-state index in [2.05, 4.69) is 10.3 Å². The Morgan fingerprint density at radius 3 is 2.82 bits per heavy atom. The van der Waals surface area contributed by atoms with E-state index in [1.54, 1.807) is 24.3 Å². The van der Waals surface area contributed by atoms with Crippen LogP contribution < -0.4 is 10.9 Å². The normalized spacial score (nSPS) is 10.8. The summed E-state index contributed by atoms with van der Waals surface area (Å²) in [5.74, 6) is -0.818. The van der Waals surface area contributed by atoms with E-state index < -0.39 is 5.97 Å². The summed E-state index contributed by atoms with van der Waals surface area (Å²) in [6, 6.07) is 8.33. The van der Waals surface area contributed by atoms with Crippen molar-refractivity contribution in [1.82, 2.24) is 9.55 Å². The molecule has 2 aromatic heterocycles. The number of hydrogen-bond donors (Lipinski definition) is 1. The molecular weight excluding hydrogens is 378 g/mol. The van der Waals surface area contributed by atoms with Gasteiger partial charge >= 0.3 is 5.97 Å². The molecule has 146 valence electrons. The van der Waals surface area contributed by atoms with Gasteiger partial charge in [0, 0.05) is 10.6 Å². The highest BCUT2D eigenvalue weighted by atomic mass is 32.1. The highest BCUT2D eigenvalue weighted by Gasteiger charge is 2.12. The first kappa shape index (κ1) is 19.8. The van der Waals surface area contributed by atoms with E-state index in [9.17, 15) is 14.4 Å². The Bertz CT molecular complexity index is 1070. The van der Waals surface area contributed by atoms with E-state index in [1.165, 1.54) is 22.2 Å². The zero-order valence-corrected chi connectivity index (χ0v) is 16.5. The van der Waals surface area contributed by atoms with Gasteiger partial charge in [-0.2, -0.15) is 0 Å². The molecule has 0 aliphatic carbocycles. The van der Waals surface area contributed by atoms with Gasteiger partial charge in [0.15, 0.2) is 0 Å². The number of aryl methyl sites for hydroxylation is 1. The lowest BCUT2D eigenvalue weighted by Crippen LogP contribution is -2.27. The first-order chi connectivity index (χ1) is 13.5. The molecule has 0 fully saturated rings. The van der Waals surface area contributed by atoms with E-state index in [0.717, 1.165) is 17.7 Å². The Balaban J connectivity index is 1.72. The number of anilines is 1. The molecule has 0 saturated carbocycles.